The minimum atomic E-state index is -3.48. The maximum atomic E-state index is 12.5. The van der Waals surface area contributed by atoms with Crippen molar-refractivity contribution < 1.29 is 17.9 Å². The Labute approximate surface area is 190 Å². The number of carbonyl (C=O) groups excluding carboxylic acids is 1. The van der Waals surface area contributed by atoms with E-state index < -0.39 is 10.0 Å². The highest BCUT2D eigenvalue weighted by molar-refractivity contribution is 7.92. The number of ether oxygens (including phenoxy) is 1. The summed E-state index contributed by atoms with van der Waals surface area (Å²) < 4.78 is 32.0. The molecule has 1 amide bonds. The monoisotopic (exact) mass is 466 g/mol. The normalized spacial score (nSPS) is 11.4. The standard InChI is InChI=1S/C23H31ClN2O4S/c1-17(2)19-10-7-9-18(3)23(19)26(31(4,28)29)15-8-13-22(27)25-14-16-30-21-12-6-5-11-20(21)24/h5-7,9-12,17H,8,13-16H2,1-4H3,(H,25,27). The summed E-state index contributed by atoms with van der Waals surface area (Å²) in [6.45, 7) is 6.87. The van der Waals surface area contributed by atoms with Gasteiger partial charge in [0.25, 0.3) is 0 Å². The highest BCUT2D eigenvalue weighted by atomic mass is 35.5. The van der Waals surface area contributed by atoms with Crippen molar-refractivity contribution in [2.75, 3.05) is 30.3 Å². The van der Waals surface area contributed by atoms with E-state index >= 15 is 0 Å². The minimum absolute atomic E-state index is 0.148. The Morgan fingerprint density at radius 1 is 1.16 bits per heavy atom. The lowest BCUT2D eigenvalue weighted by atomic mass is 9.98. The Morgan fingerprint density at radius 2 is 1.87 bits per heavy atom. The summed E-state index contributed by atoms with van der Waals surface area (Å²) >= 11 is 6.03. The number of aryl methyl sites for hydroxylation is 1. The Kier molecular flexibility index (Phi) is 9.19. The van der Waals surface area contributed by atoms with Crippen LogP contribution < -0.4 is 14.4 Å². The molecule has 8 heteroatoms. The molecule has 6 nitrogen and oxygen atoms in total. The van der Waals surface area contributed by atoms with Gasteiger partial charge in [-0.3, -0.25) is 9.10 Å². The van der Waals surface area contributed by atoms with E-state index in [1.807, 2.05) is 51.1 Å². The number of carbonyl (C=O) groups is 1. The highest BCUT2D eigenvalue weighted by Crippen LogP contribution is 2.32. The van der Waals surface area contributed by atoms with E-state index in [2.05, 4.69) is 5.32 Å². The van der Waals surface area contributed by atoms with Crippen molar-refractivity contribution in [3.63, 3.8) is 0 Å². The number of amides is 1. The summed E-state index contributed by atoms with van der Waals surface area (Å²) in [5.74, 6) is 0.604. The van der Waals surface area contributed by atoms with Gasteiger partial charge in [0, 0.05) is 13.0 Å². The number of hydrogen-bond acceptors (Lipinski definition) is 4. The lowest BCUT2D eigenvalue weighted by Gasteiger charge is -2.28. The second-order valence-electron chi connectivity index (χ2n) is 7.73. The van der Waals surface area contributed by atoms with Crippen LogP contribution >= 0.6 is 11.6 Å². The van der Waals surface area contributed by atoms with Crippen molar-refractivity contribution in [2.45, 2.75) is 39.5 Å². The minimum Gasteiger partial charge on any atom is -0.490 e. The molecule has 1 N–H and O–H groups in total. The fraction of sp³-hybridized carbons (Fsp3) is 0.435. The molecule has 170 valence electrons. The second kappa shape index (κ2) is 11.4. The lowest BCUT2D eigenvalue weighted by Crippen LogP contribution is -2.34. The van der Waals surface area contributed by atoms with Crippen molar-refractivity contribution in [3.05, 3.63) is 58.6 Å². The van der Waals surface area contributed by atoms with Gasteiger partial charge in [0.1, 0.15) is 12.4 Å². The van der Waals surface area contributed by atoms with Gasteiger partial charge >= 0.3 is 0 Å². The average molecular weight is 467 g/mol. The van der Waals surface area contributed by atoms with Crippen molar-refractivity contribution in [1.29, 1.82) is 0 Å². The molecule has 0 radical (unpaired) electrons. The van der Waals surface area contributed by atoms with Crippen LogP contribution in [0.25, 0.3) is 0 Å². The predicted molar refractivity (Wildman–Crippen MR) is 127 cm³/mol. The van der Waals surface area contributed by atoms with Gasteiger partial charge in [-0.2, -0.15) is 0 Å². The number of benzene rings is 2. The Hall–Kier alpha value is -2.25. The van der Waals surface area contributed by atoms with Crippen LogP contribution in [0, 0.1) is 6.92 Å². The van der Waals surface area contributed by atoms with E-state index in [1.54, 1.807) is 12.1 Å². The molecule has 0 fully saturated rings. The molecule has 0 heterocycles. The molecular formula is C23H31ClN2O4S. The topological polar surface area (TPSA) is 75.7 Å². The summed E-state index contributed by atoms with van der Waals surface area (Å²) in [5, 5.41) is 3.31. The fourth-order valence-corrected chi connectivity index (χ4v) is 4.55. The molecule has 0 aliphatic carbocycles. The molecule has 0 unspecified atom stereocenters. The number of nitrogens with zero attached hydrogens (tertiary/aromatic N) is 1. The Bertz CT molecular complexity index is 993. The molecule has 0 atom stereocenters. The smallest absolute Gasteiger partial charge is 0.232 e. The first-order valence-corrected chi connectivity index (χ1v) is 12.5. The molecule has 0 aliphatic heterocycles. The van der Waals surface area contributed by atoms with Crippen LogP contribution in [0.3, 0.4) is 0 Å². The molecule has 0 aromatic heterocycles. The van der Waals surface area contributed by atoms with Gasteiger partial charge in [0.05, 0.1) is 23.5 Å². The summed E-state index contributed by atoms with van der Waals surface area (Å²) in [4.78, 5) is 12.2. The second-order valence-corrected chi connectivity index (χ2v) is 10.0. The van der Waals surface area contributed by atoms with Gasteiger partial charge in [-0.1, -0.05) is 55.8 Å². The molecule has 0 saturated heterocycles. The lowest BCUT2D eigenvalue weighted by molar-refractivity contribution is -0.121. The van der Waals surface area contributed by atoms with Crippen LogP contribution in [0.5, 0.6) is 5.75 Å². The van der Waals surface area contributed by atoms with Crippen molar-refractivity contribution in [1.82, 2.24) is 5.32 Å². The van der Waals surface area contributed by atoms with E-state index in [0.717, 1.165) is 11.1 Å². The number of hydrogen-bond donors (Lipinski definition) is 1. The third kappa shape index (κ3) is 7.43. The predicted octanol–water partition coefficient (Wildman–Crippen LogP) is 4.51. The molecule has 2 rings (SSSR count). The van der Waals surface area contributed by atoms with Crippen molar-refractivity contribution in [2.24, 2.45) is 0 Å². The summed E-state index contributed by atoms with van der Waals surface area (Å²) in [6, 6.07) is 12.9. The number of sulfonamides is 1. The third-order valence-electron chi connectivity index (χ3n) is 4.82. The molecular weight excluding hydrogens is 436 g/mol. The van der Waals surface area contributed by atoms with E-state index in [0.29, 0.717) is 36.0 Å². The van der Waals surface area contributed by atoms with Gasteiger partial charge in [-0.15, -0.1) is 0 Å². The number of halogens is 1. The van der Waals surface area contributed by atoms with E-state index in [1.165, 1.54) is 10.6 Å². The number of anilines is 1. The van der Waals surface area contributed by atoms with E-state index in [4.69, 9.17) is 16.3 Å². The molecule has 0 bridgehead atoms. The summed E-state index contributed by atoms with van der Waals surface area (Å²) in [7, 11) is -3.48. The highest BCUT2D eigenvalue weighted by Gasteiger charge is 2.23. The van der Waals surface area contributed by atoms with Crippen LogP contribution in [-0.4, -0.2) is 40.3 Å². The SMILES string of the molecule is Cc1cccc(C(C)C)c1N(CCCC(=O)NCCOc1ccccc1Cl)S(C)(=O)=O. The van der Waals surface area contributed by atoms with E-state index in [-0.39, 0.29) is 24.8 Å². The molecule has 0 aliphatic rings. The number of rotatable bonds is 11. The average Bonchev–Trinajstić information content (AvgIpc) is 2.69. The van der Waals surface area contributed by atoms with Gasteiger partial charge in [-0.25, -0.2) is 8.42 Å². The van der Waals surface area contributed by atoms with Crippen molar-refractivity contribution in [3.8, 4) is 5.75 Å². The summed E-state index contributed by atoms with van der Waals surface area (Å²) in [6.07, 6.45) is 1.84. The molecule has 31 heavy (non-hydrogen) atoms. The van der Waals surface area contributed by atoms with Crippen molar-refractivity contribution >= 4 is 33.2 Å². The van der Waals surface area contributed by atoms with Gasteiger partial charge in [-0.05, 0) is 42.5 Å². The third-order valence-corrected chi connectivity index (χ3v) is 6.30. The zero-order valence-electron chi connectivity index (χ0n) is 18.5. The maximum Gasteiger partial charge on any atom is 0.232 e. The number of nitrogens with one attached hydrogen (secondary N) is 1. The van der Waals surface area contributed by atoms with Gasteiger partial charge in [0.15, 0.2) is 0 Å². The first-order chi connectivity index (χ1) is 14.6. The fourth-order valence-electron chi connectivity index (χ4n) is 3.32. The van der Waals surface area contributed by atoms with E-state index in [9.17, 15) is 13.2 Å². The van der Waals surface area contributed by atoms with Crippen LogP contribution in [0.15, 0.2) is 42.5 Å². The molecule has 0 spiro atoms. The Balaban J connectivity index is 1.90. The summed E-state index contributed by atoms with van der Waals surface area (Å²) in [5.41, 5.74) is 2.60. The largest absolute Gasteiger partial charge is 0.490 e. The van der Waals surface area contributed by atoms with Gasteiger partial charge in [0.2, 0.25) is 15.9 Å². The first kappa shape index (κ1) is 25.0. The zero-order valence-corrected chi connectivity index (χ0v) is 20.1. The molecule has 0 saturated carbocycles. The molecule has 2 aromatic carbocycles. The maximum absolute atomic E-state index is 12.5. The number of para-hydroxylation sites is 2. The zero-order chi connectivity index (χ0) is 23.0. The Morgan fingerprint density at radius 3 is 2.52 bits per heavy atom. The van der Waals surface area contributed by atoms with Gasteiger partial charge < -0.3 is 10.1 Å². The molecule has 2 aromatic rings. The van der Waals surface area contributed by atoms with Crippen LogP contribution in [-0.2, 0) is 14.8 Å². The van der Waals surface area contributed by atoms with Crippen LogP contribution in [0.2, 0.25) is 5.02 Å². The first-order valence-electron chi connectivity index (χ1n) is 10.3. The van der Waals surface area contributed by atoms with Crippen LogP contribution in [0.1, 0.15) is 43.7 Å². The quantitative estimate of drug-likeness (QED) is 0.494. The van der Waals surface area contributed by atoms with Crippen LogP contribution in [0.4, 0.5) is 5.69 Å².